The van der Waals surface area contributed by atoms with Crippen molar-refractivity contribution < 1.29 is 9.59 Å². The Hall–Kier alpha value is -1.32. The highest BCUT2D eigenvalue weighted by atomic mass is 16.2. The van der Waals surface area contributed by atoms with Crippen LogP contribution in [0.25, 0.3) is 0 Å². The number of carbonyl (C=O) groups excluding carboxylic acids is 2. The maximum atomic E-state index is 12.1. The van der Waals surface area contributed by atoms with Gasteiger partial charge in [-0.1, -0.05) is 38.3 Å². The smallest absolute Gasteiger partial charge is 0.220 e. The third-order valence-electron chi connectivity index (χ3n) is 5.79. The number of amides is 2. The average Bonchev–Trinajstić information content (AvgIpc) is 2.58. The zero-order valence-corrected chi connectivity index (χ0v) is 15.4. The molecule has 2 N–H and O–H groups in total. The third-order valence-corrected chi connectivity index (χ3v) is 5.79. The first-order chi connectivity index (χ1) is 11.6. The van der Waals surface area contributed by atoms with Crippen molar-refractivity contribution in [1.29, 1.82) is 0 Å². The molecule has 0 aromatic carbocycles. The van der Waals surface area contributed by atoms with Gasteiger partial charge in [0, 0.05) is 25.4 Å². The zero-order valence-electron chi connectivity index (χ0n) is 15.4. The lowest BCUT2D eigenvalue weighted by atomic mass is 9.78. The molecule has 2 amide bonds. The highest BCUT2D eigenvalue weighted by Crippen LogP contribution is 2.29. The molecule has 0 aromatic rings. The molecule has 4 heteroatoms. The lowest BCUT2D eigenvalue weighted by Gasteiger charge is -2.34. The van der Waals surface area contributed by atoms with Gasteiger partial charge in [-0.15, -0.1) is 0 Å². The van der Waals surface area contributed by atoms with E-state index in [1.165, 1.54) is 44.1 Å². The fourth-order valence-corrected chi connectivity index (χ4v) is 3.87. The molecule has 1 fully saturated rings. The Balaban J connectivity index is 1.59. The number of allylic oxidation sites excluding steroid dienone is 1. The summed E-state index contributed by atoms with van der Waals surface area (Å²) in [6.07, 6.45) is 12.3. The van der Waals surface area contributed by atoms with Crippen LogP contribution < -0.4 is 10.6 Å². The second-order valence-electron chi connectivity index (χ2n) is 7.65. The highest BCUT2D eigenvalue weighted by molar-refractivity contribution is 5.83. The molecule has 2 rings (SSSR count). The molecule has 0 unspecified atom stereocenters. The van der Waals surface area contributed by atoms with Crippen molar-refractivity contribution in [3.63, 3.8) is 0 Å². The van der Waals surface area contributed by atoms with Crippen molar-refractivity contribution in [1.82, 2.24) is 10.6 Å². The predicted octanol–water partition coefficient (Wildman–Crippen LogP) is 3.71. The summed E-state index contributed by atoms with van der Waals surface area (Å²) in [5, 5.41) is 6.08. The molecular formula is C20H34N2O2. The summed E-state index contributed by atoms with van der Waals surface area (Å²) < 4.78 is 0. The second-order valence-corrected chi connectivity index (χ2v) is 7.65. The van der Waals surface area contributed by atoms with Crippen LogP contribution in [0.5, 0.6) is 0 Å². The average molecular weight is 335 g/mol. The quantitative estimate of drug-likeness (QED) is 0.697. The van der Waals surface area contributed by atoms with Crippen LogP contribution in [0, 0.1) is 11.8 Å². The summed E-state index contributed by atoms with van der Waals surface area (Å²) in [5.41, 5.74) is 1.47. The largest absolute Gasteiger partial charge is 0.356 e. The Bertz CT molecular complexity index is 459. The predicted molar refractivity (Wildman–Crippen MR) is 97.5 cm³/mol. The topological polar surface area (TPSA) is 58.2 Å². The molecule has 0 saturated heterocycles. The normalized spacial score (nSPS) is 27.2. The van der Waals surface area contributed by atoms with Crippen LogP contribution in [0.15, 0.2) is 11.6 Å². The maximum absolute atomic E-state index is 12.1. The minimum atomic E-state index is -0.00776. The van der Waals surface area contributed by atoms with Gasteiger partial charge >= 0.3 is 0 Å². The molecule has 136 valence electrons. The Morgan fingerprint density at radius 1 is 1.08 bits per heavy atom. The number of carbonyl (C=O) groups is 2. The maximum Gasteiger partial charge on any atom is 0.220 e. The first-order valence-electron chi connectivity index (χ1n) is 9.80. The molecule has 0 spiro atoms. The lowest BCUT2D eigenvalue weighted by molar-refractivity contribution is -0.127. The van der Waals surface area contributed by atoms with Gasteiger partial charge in [0.15, 0.2) is 0 Å². The molecule has 1 saturated carbocycles. The van der Waals surface area contributed by atoms with E-state index >= 15 is 0 Å². The van der Waals surface area contributed by atoms with E-state index in [1.807, 2.05) is 0 Å². The van der Waals surface area contributed by atoms with Crippen molar-refractivity contribution in [2.75, 3.05) is 6.54 Å². The minimum absolute atomic E-state index is 0.00776. The fourth-order valence-electron chi connectivity index (χ4n) is 3.87. The Kier molecular flexibility index (Phi) is 7.80. The number of hydrogen-bond donors (Lipinski definition) is 2. The fraction of sp³-hybridized carbons (Fsp3) is 0.800. The number of rotatable bonds is 7. The summed E-state index contributed by atoms with van der Waals surface area (Å²) in [5.74, 6) is 1.21. The van der Waals surface area contributed by atoms with E-state index in [-0.39, 0.29) is 17.9 Å². The molecule has 0 aromatic heterocycles. The summed E-state index contributed by atoms with van der Waals surface area (Å²) in [6.45, 7) is 5.18. The summed E-state index contributed by atoms with van der Waals surface area (Å²) in [6, 6.07) is 0.280. The minimum Gasteiger partial charge on any atom is -0.356 e. The standard InChI is InChI=1S/C20H34N2O2/c1-15-7-6-10-18(16(15)2)22-20(24)12-11-19(23)21-14-13-17-8-4-3-5-9-17/h8,15-16,18H,3-7,9-14H2,1-2H3,(H,21,23)(H,22,24)/t15-,16+,18-/m1/s1. The van der Waals surface area contributed by atoms with Gasteiger partial charge in [0.1, 0.15) is 0 Å². The van der Waals surface area contributed by atoms with Gasteiger partial charge in [-0.2, -0.15) is 0 Å². The molecule has 0 aliphatic heterocycles. The van der Waals surface area contributed by atoms with Crippen molar-refractivity contribution in [3.05, 3.63) is 11.6 Å². The van der Waals surface area contributed by atoms with Crippen molar-refractivity contribution in [3.8, 4) is 0 Å². The first-order valence-corrected chi connectivity index (χ1v) is 9.80. The molecular weight excluding hydrogens is 300 g/mol. The Labute approximate surface area is 146 Å². The van der Waals surface area contributed by atoms with E-state index < -0.39 is 0 Å². The first kappa shape index (κ1) is 19.0. The SMILES string of the molecule is C[C@H]1[C@H](C)CCC[C@H]1NC(=O)CCC(=O)NCCC1=CCCCC1. The molecule has 0 radical (unpaired) electrons. The van der Waals surface area contributed by atoms with Crippen LogP contribution in [0.2, 0.25) is 0 Å². The van der Waals surface area contributed by atoms with Crippen LogP contribution >= 0.6 is 0 Å². The van der Waals surface area contributed by atoms with Gasteiger partial charge in [-0.05, 0) is 50.4 Å². The third kappa shape index (κ3) is 6.29. The van der Waals surface area contributed by atoms with Gasteiger partial charge in [-0.25, -0.2) is 0 Å². The van der Waals surface area contributed by atoms with Crippen LogP contribution in [-0.4, -0.2) is 24.4 Å². The van der Waals surface area contributed by atoms with E-state index in [9.17, 15) is 9.59 Å². The Morgan fingerprint density at radius 3 is 2.62 bits per heavy atom. The summed E-state index contributed by atoms with van der Waals surface area (Å²) in [7, 11) is 0. The number of nitrogens with one attached hydrogen (secondary N) is 2. The van der Waals surface area contributed by atoms with Gasteiger partial charge in [0.05, 0.1) is 0 Å². The molecule has 4 nitrogen and oxygen atoms in total. The van der Waals surface area contributed by atoms with Crippen LogP contribution in [0.4, 0.5) is 0 Å². The van der Waals surface area contributed by atoms with E-state index in [1.54, 1.807) is 0 Å². The van der Waals surface area contributed by atoms with Crippen LogP contribution in [-0.2, 0) is 9.59 Å². The van der Waals surface area contributed by atoms with Gasteiger partial charge in [0.25, 0.3) is 0 Å². The van der Waals surface area contributed by atoms with Crippen molar-refractivity contribution in [2.45, 2.75) is 84.1 Å². The molecule has 3 atom stereocenters. The van der Waals surface area contributed by atoms with E-state index in [0.717, 1.165) is 12.8 Å². The zero-order chi connectivity index (χ0) is 17.4. The highest BCUT2D eigenvalue weighted by Gasteiger charge is 2.28. The second kappa shape index (κ2) is 9.85. The van der Waals surface area contributed by atoms with Gasteiger partial charge in [0.2, 0.25) is 11.8 Å². The molecule has 24 heavy (non-hydrogen) atoms. The van der Waals surface area contributed by atoms with Crippen LogP contribution in [0.3, 0.4) is 0 Å². The summed E-state index contributed by atoms with van der Waals surface area (Å²) >= 11 is 0. The van der Waals surface area contributed by atoms with E-state index in [4.69, 9.17) is 0 Å². The van der Waals surface area contributed by atoms with Crippen molar-refractivity contribution in [2.24, 2.45) is 11.8 Å². The van der Waals surface area contributed by atoms with E-state index in [2.05, 4.69) is 30.6 Å². The molecule has 0 bridgehead atoms. The van der Waals surface area contributed by atoms with Gasteiger partial charge in [-0.3, -0.25) is 9.59 Å². The van der Waals surface area contributed by atoms with E-state index in [0.29, 0.717) is 31.2 Å². The van der Waals surface area contributed by atoms with Crippen LogP contribution in [0.1, 0.15) is 78.1 Å². The molecule has 0 heterocycles. The summed E-state index contributed by atoms with van der Waals surface area (Å²) in [4.78, 5) is 24.0. The van der Waals surface area contributed by atoms with Gasteiger partial charge < -0.3 is 10.6 Å². The molecule has 2 aliphatic rings. The Morgan fingerprint density at radius 2 is 1.88 bits per heavy atom. The van der Waals surface area contributed by atoms with Crippen molar-refractivity contribution >= 4 is 11.8 Å². The lowest BCUT2D eigenvalue weighted by Crippen LogP contribution is -2.43. The monoisotopic (exact) mass is 334 g/mol. The number of hydrogen-bond acceptors (Lipinski definition) is 2. The molecule has 2 aliphatic carbocycles.